The molecule has 0 unspecified atom stereocenters. The fraction of sp³-hybridized carbons (Fsp3) is 0.219. The zero-order valence-electron chi connectivity index (χ0n) is 23.8. The van der Waals surface area contributed by atoms with Crippen molar-refractivity contribution in [1.82, 2.24) is 4.57 Å². The molecule has 0 spiro atoms. The van der Waals surface area contributed by atoms with Crippen LogP contribution >= 0.6 is 22.9 Å². The molecule has 0 radical (unpaired) electrons. The number of carbonyl (C=O) groups is 1. The summed E-state index contributed by atoms with van der Waals surface area (Å²) in [6, 6.07) is 19.3. The van der Waals surface area contributed by atoms with Crippen molar-refractivity contribution >= 4 is 40.6 Å². The average molecular weight is 604 g/mol. The van der Waals surface area contributed by atoms with E-state index in [1.165, 1.54) is 18.4 Å². The van der Waals surface area contributed by atoms with Gasteiger partial charge < -0.3 is 19.5 Å². The van der Waals surface area contributed by atoms with Gasteiger partial charge in [0.1, 0.15) is 5.75 Å². The van der Waals surface area contributed by atoms with Crippen molar-refractivity contribution in [3.05, 3.63) is 114 Å². The second-order valence-electron chi connectivity index (χ2n) is 9.88. The Morgan fingerprint density at radius 2 is 1.79 bits per heavy atom. The molecule has 1 amide bonds. The van der Waals surface area contributed by atoms with Crippen molar-refractivity contribution in [3.63, 3.8) is 0 Å². The lowest BCUT2D eigenvalue weighted by Gasteiger charge is -2.25. The molecule has 4 aromatic rings. The molecule has 3 aromatic carbocycles. The van der Waals surface area contributed by atoms with Gasteiger partial charge in [-0.1, -0.05) is 53.3 Å². The Hall–Kier alpha value is -4.34. The van der Waals surface area contributed by atoms with Gasteiger partial charge in [-0.25, -0.2) is 4.99 Å². The number of hydrogen-bond acceptors (Lipinski definition) is 7. The third-order valence-corrected chi connectivity index (χ3v) is 7.90. The minimum Gasteiger partial charge on any atom is -0.497 e. The van der Waals surface area contributed by atoms with Crippen molar-refractivity contribution < 1.29 is 19.0 Å². The maximum atomic E-state index is 14.0. The predicted octanol–water partition coefficient (Wildman–Crippen LogP) is 5.33. The van der Waals surface area contributed by atoms with Crippen molar-refractivity contribution in [2.24, 2.45) is 4.99 Å². The molecular formula is C32H30ClN3O5S. The number of ether oxygens (including phenoxy) is 3. The smallest absolute Gasteiger partial charge is 0.271 e. The van der Waals surface area contributed by atoms with E-state index in [1.807, 2.05) is 68.4 Å². The number of hydrogen-bond donors (Lipinski definition) is 1. The zero-order valence-corrected chi connectivity index (χ0v) is 25.4. The molecule has 1 aliphatic rings. The van der Waals surface area contributed by atoms with Crippen LogP contribution in [-0.4, -0.2) is 30.8 Å². The first-order chi connectivity index (χ1) is 20.2. The van der Waals surface area contributed by atoms with E-state index >= 15 is 0 Å². The van der Waals surface area contributed by atoms with Crippen molar-refractivity contribution in [2.45, 2.75) is 32.9 Å². The quantitative estimate of drug-likeness (QED) is 0.294. The maximum absolute atomic E-state index is 14.0. The topological polar surface area (TPSA) is 91.2 Å². The molecule has 0 fully saturated rings. The minimum atomic E-state index is -0.710. The molecular weight excluding hydrogens is 574 g/mol. The number of para-hydroxylation sites is 1. The molecule has 0 saturated carbocycles. The van der Waals surface area contributed by atoms with E-state index in [4.69, 9.17) is 30.8 Å². The number of benzene rings is 3. The summed E-state index contributed by atoms with van der Waals surface area (Å²) in [4.78, 5) is 32.9. The number of thiazole rings is 1. The summed E-state index contributed by atoms with van der Waals surface area (Å²) in [5, 5.41) is 3.33. The first-order valence-corrected chi connectivity index (χ1v) is 14.5. The highest BCUT2D eigenvalue weighted by molar-refractivity contribution is 7.07. The summed E-state index contributed by atoms with van der Waals surface area (Å²) in [6.07, 6.45) is 1.64. The average Bonchev–Trinajstić information content (AvgIpc) is 3.27. The Labute approximate surface area is 252 Å². The highest BCUT2D eigenvalue weighted by Gasteiger charge is 2.32. The molecule has 10 heteroatoms. The van der Waals surface area contributed by atoms with Crippen LogP contribution < -0.4 is 34.4 Å². The molecule has 2 heterocycles. The number of methoxy groups -OCH3 is 2. The van der Waals surface area contributed by atoms with Crippen LogP contribution in [0.25, 0.3) is 6.08 Å². The van der Waals surface area contributed by atoms with E-state index in [2.05, 4.69) is 5.32 Å². The zero-order chi connectivity index (χ0) is 30.0. The van der Waals surface area contributed by atoms with Gasteiger partial charge in [-0.3, -0.25) is 14.2 Å². The molecule has 1 atom stereocenters. The molecule has 216 valence electrons. The number of nitrogens with zero attached hydrogens (tertiary/aromatic N) is 2. The summed E-state index contributed by atoms with van der Waals surface area (Å²) >= 11 is 7.79. The molecule has 1 aliphatic heterocycles. The molecule has 1 N–H and O–H groups in total. The van der Waals surface area contributed by atoms with Crippen LogP contribution in [-0.2, 0) is 4.79 Å². The number of carbonyl (C=O) groups excluding carboxylic acids is 1. The molecule has 0 bridgehead atoms. The summed E-state index contributed by atoms with van der Waals surface area (Å²) in [6.45, 7) is 5.59. The Balaban J connectivity index is 1.65. The lowest BCUT2D eigenvalue weighted by atomic mass is 9.95. The van der Waals surface area contributed by atoms with Gasteiger partial charge in [-0.05, 0) is 74.4 Å². The molecule has 1 aromatic heterocycles. The number of rotatable bonds is 8. The predicted molar refractivity (Wildman–Crippen MR) is 166 cm³/mol. The normalized spacial score (nSPS) is 14.8. The van der Waals surface area contributed by atoms with Gasteiger partial charge in [0, 0.05) is 5.69 Å². The van der Waals surface area contributed by atoms with Gasteiger partial charge in [0.05, 0.1) is 47.2 Å². The van der Waals surface area contributed by atoms with Crippen molar-refractivity contribution in [3.8, 4) is 17.2 Å². The fourth-order valence-electron chi connectivity index (χ4n) is 4.76. The number of fused-ring (bicyclic) bond motifs is 1. The molecule has 8 nitrogen and oxygen atoms in total. The van der Waals surface area contributed by atoms with Crippen molar-refractivity contribution in [2.75, 3.05) is 19.5 Å². The first-order valence-electron chi connectivity index (χ1n) is 13.3. The first kappa shape index (κ1) is 29.2. The number of halogens is 1. The van der Waals surface area contributed by atoms with Crippen LogP contribution in [0, 0.1) is 0 Å². The summed E-state index contributed by atoms with van der Waals surface area (Å²) in [5.41, 5.74) is 2.67. The second kappa shape index (κ2) is 12.3. The maximum Gasteiger partial charge on any atom is 0.271 e. The molecule has 0 saturated heterocycles. The number of amides is 1. The monoisotopic (exact) mass is 603 g/mol. The molecule has 0 aliphatic carbocycles. The highest BCUT2D eigenvalue weighted by Crippen LogP contribution is 2.37. The standard InChI is InChI=1S/C32H30ClN3O5S/c1-18(2)41-29-24(33)15-20(16-25(29)40-5)17-26-31(38)36-28(21-11-13-23(39-4)14-12-21)27(19(3)34-32(36)42-26)30(37)35-22-9-7-6-8-10-22/h6-18,28H,1-5H3,(H,35,37)/b26-17+/t28-/m0/s1. The van der Waals surface area contributed by atoms with Crippen LogP contribution in [0.5, 0.6) is 17.2 Å². The van der Waals surface area contributed by atoms with Crippen LogP contribution in [0.1, 0.15) is 37.9 Å². The van der Waals surface area contributed by atoms with Gasteiger partial charge in [-0.15, -0.1) is 0 Å². The van der Waals surface area contributed by atoms with Crippen LogP contribution in [0.15, 0.2) is 87.8 Å². The van der Waals surface area contributed by atoms with E-state index in [-0.39, 0.29) is 17.6 Å². The Kier molecular flexibility index (Phi) is 8.51. The van der Waals surface area contributed by atoms with Crippen LogP contribution in [0.3, 0.4) is 0 Å². The van der Waals surface area contributed by atoms with Crippen LogP contribution in [0.2, 0.25) is 5.02 Å². The second-order valence-corrected chi connectivity index (χ2v) is 11.3. The molecule has 42 heavy (non-hydrogen) atoms. The highest BCUT2D eigenvalue weighted by atomic mass is 35.5. The van der Waals surface area contributed by atoms with Gasteiger partial charge in [0.2, 0.25) is 0 Å². The molecule has 5 rings (SSSR count). The number of aromatic nitrogens is 1. The van der Waals surface area contributed by atoms with Gasteiger partial charge >= 0.3 is 0 Å². The summed E-state index contributed by atoms with van der Waals surface area (Å²) in [7, 11) is 3.12. The van der Waals surface area contributed by atoms with E-state index < -0.39 is 6.04 Å². The van der Waals surface area contributed by atoms with Gasteiger partial charge in [0.15, 0.2) is 16.3 Å². The Morgan fingerprint density at radius 3 is 2.43 bits per heavy atom. The third kappa shape index (κ3) is 5.84. The van der Waals surface area contributed by atoms with Crippen molar-refractivity contribution in [1.29, 1.82) is 0 Å². The third-order valence-electron chi connectivity index (χ3n) is 6.63. The van der Waals surface area contributed by atoms with E-state index in [1.54, 1.807) is 36.8 Å². The van der Waals surface area contributed by atoms with Gasteiger partial charge in [0.25, 0.3) is 11.5 Å². The number of anilines is 1. The van der Waals surface area contributed by atoms with E-state index in [0.717, 1.165) is 5.56 Å². The Morgan fingerprint density at radius 1 is 1.07 bits per heavy atom. The lowest BCUT2D eigenvalue weighted by molar-refractivity contribution is -0.113. The summed E-state index contributed by atoms with van der Waals surface area (Å²) in [5.74, 6) is 1.23. The van der Waals surface area contributed by atoms with E-state index in [0.29, 0.717) is 54.1 Å². The SMILES string of the molecule is COc1ccc([C@H]2C(C(=O)Nc3ccccc3)=C(C)N=c3s/c(=C/c4cc(Cl)c(OC(C)C)c(OC)c4)c(=O)n32)cc1. The van der Waals surface area contributed by atoms with Crippen LogP contribution in [0.4, 0.5) is 5.69 Å². The Bertz CT molecular complexity index is 1840. The lowest BCUT2D eigenvalue weighted by Crippen LogP contribution is -2.40. The minimum absolute atomic E-state index is 0.0968. The van der Waals surface area contributed by atoms with Gasteiger partial charge in [-0.2, -0.15) is 0 Å². The largest absolute Gasteiger partial charge is 0.497 e. The van der Waals surface area contributed by atoms with E-state index in [9.17, 15) is 9.59 Å². The summed E-state index contributed by atoms with van der Waals surface area (Å²) < 4.78 is 18.7. The number of nitrogens with one attached hydrogen (secondary N) is 1. The number of allylic oxidation sites excluding steroid dienone is 1. The fourth-order valence-corrected chi connectivity index (χ4v) is 6.07.